The van der Waals surface area contributed by atoms with Gasteiger partial charge in [-0.15, -0.1) is 0 Å². The summed E-state index contributed by atoms with van der Waals surface area (Å²) in [6.45, 7) is 0.486. The van der Waals surface area contributed by atoms with E-state index in [1.54, 1.807) is 30.1 Å². The molecule has 0 radical (unpaired) electrons. The van der Waals surface area contributed by atoms with Gasteiger partial charge in [0, 0.05) is 23.6 Å². The molecule has 2 aromatic rings. The SMILES string of the molecule is CN(Cc1ccc(Br)cc1)C(=O)c1ccc2c(c1)OCC(=O)N2. The normalized spacial score (nSPS) is 12.9. The Kier molecular flexibility index (Phi) is 4.34. The number of hydrogen-bond donors (Lipinski definition) is 1. The highest BCUT2D eigenvalue weighted by Gasteiger charge is 2.19. The Bertz CT molecular complexity index is 759. The first kappa shape index (κ1) is 15.6. The van der Waals surface area contributed by atoms with Crippen LogP contribution >= 0.6 is 15.9 Å². The number of amides is 2. The van der Waals surface area contributed by atoms with Crippen LogP contribution in [0.25, 0.3) is 0 Å². The van der Waals surface area contributed by atoms with Crippen LogP contribution in [0.2, 0.25) is 0 Å². The molecule has 0 fully saturated rings. The minimum atomic E-state index is -0.191. The first-order chi connectivity index (χ1) is 11.0. The molecule has 6 heteroatoms. The summed E-state index contributed by atoms with van der Waals surface area (Å²) in [7, 11) is 1.76. The second-order valence-electron chi connectivity index (χ2n) is 5.34. The van der Waals surface area contributed by atoms with Gasteiger partial charge in [-0.05, 0) is 35.9 Å². The molecule has 1 aliphatic heterocycles. The average Bonchev–Trinajstić information content (AvgIpc) is 2.55. The Morgan fingerprint density at radius 2 is 2.00 bits per heavy atom. The first-order valence-electron chi connectivity index (χ1n) is 7.09. The molecule has 3 rings (SSSR count). The maximum atomic E-state index is 12.5. The fraction of sp³-hybridized carbons (Fsp3) is 0.176. The van der Waals surface area contributed by atoms with Gasteiger partial charge < -0.3 is 15.0 Å². The number of carbonyl (C=O) groups excluding carboxylic acids is 2. The number of halogens is 1. The zero-order valence-electron chi connectivity index (χ0n) is 12.5. The lowest BCUT2D eigenvalue weighted by Crippen LogP contribution is -2.28. The second kappa shape index (κ2) is 6.42. The molecule has 2 amide bonds. The van der Waals surface area contributed by atoms with Crippen LogP contribution in [0.1, 0.15) is 15.9 Å². The van der Waals surface area contributed by atoms with Gasteiger partial charge in [-0.1, -0.05) is 28.1 Å². The smallest absolute Gasteiger partial charge is 0.262 e. The summed E-state index contributed by atoms with van der Waals surface area (Å²) in [5, 5.41) is 2.71. The molecular formula is C17H15BrN2O3. The van der Waals surface area contributed by atoms with Crippen LogP contribution in [0.5, 0.6) is 5.75 Å². The van der Waals surface area contributed by atoms with Gasteiger partial charge >= 0.3 is 0 Å². The van der Waals surface area contributed by atoms with Gasteiger partial charge in [0.15, 0.2) is 6.61 Å². The maximum absolute atomic E-state index is 12.5. The van der Waals surface area contributed by atoms with E-state index in [2.05, 4.69) is 21.2 Å². The third-order valence-electron chi connectivity index (χ3n) is 3.54. The van der Waals surface area contributed by atoms with Crippen LogP contribution in [-0.4, -0.2) is 30.4 Å². The Morgan fingerprint density at radius 3 is 2.74 bits per heavy atom. The van der Waals surface area contributed by atoms with Crippen LogP contribution in [0, 0.1) is 0 Å². The molecule has 0 bridgehead atoms. The molecule has 2 aromatic carbocycles. The molecule has 23 heavy (non-hydrogen) atoms. The highest BCUT2D eigenvalue weighted by molar-refractivity contribution is 9.10. The van der Waals surface area contributed by atoms with Crippen molar-refractivity contribution in [2.24, 2.45) is 0 Å². The molecule has 0 spiro atoms. The molecule has 5 nitrogen and oxygen atoms in total. The van der Waals surface area contributed by atoms with Gasteiger partial charge in [0.05, 0.1) is 5.69 Å². The Balaban J connectivity index is 1.74. The number of nitrogens with one attached hydrogen (secondary N) is 1. The number of carbonyl (C=O) groups is 2. The zero-order chi connectivity index (χ0) is 16.4. The van der Waals surface area contributed by atoms with E-state index >= 15 is 0 Å². The van der Waals surface area contributed by atoms with Crippen LogP contribution in [0.3, 0.4) is 0 Å². The summed E-state index contributed by atoms with van der Waals surface area (Å²) in [5.74, 6) is 0.229. The summed E-state index contributed by atoms with van der Waals surface area (Å²) in [5.41, 5.74) is 2.17. The lowest BCUT2D eigenvalue weighted by molar-refractivity contribution is -0.118. The van der Waals surface area contributed by atoms with Crippen molar-refractivity contribution in [3.8, 4) is 5.75 Å². The summed E-state index contributed by atoms with van der Waals surface area (Å²) >= 11 is 3.39. The Morgan fingerprint density at radius 1 is 1.26 bits per heavy atom. The van der Waals surface area contributed by atoms with Gasteiger partial charge in [-0.3, -0.25) is 9.59 Å². The fourth-order valence-electron chi connectivity index (χ4n) is 2.36. The molecule has 0 aromatic heterocycles. The Labute approximate surface area is 142 Å². The largest absolute Gasteiger partial charge is 0.482 e. The second-order valence-corrected chi connectivity index (χ2v) is 6.25. The van der Waals surface area contributed by atoms with Crippen molar-refractivity contribution in [2.45, 2.75) is 6.54 Å². The summed E-state index contributed by atoms with van der Waals surface area (Å²) in [6, 6.07) is 12.9. The lowest BCUT2D eigenvalue weighted by Gasteiger charge is -2.21. The van der Waals surface area contributed by atoms with Crippen LogP contribution in [0.4, 0.5) is 5.69 Å². The number of hydrogen-bond acceptors (Lipinski definition) is 3. The number of anilines is 1. The van der Waals surface area contributed by atoms with Crippen LogP contribution in [-0.2, 0) is 11.3 Å². The van der Waals surface area contributed by atoms with Crippen LogP contribution in [0.15, 0.2) is 46.9 Å². The van der Waals surface area contributed by atoms with Gasteiger partial charge in [0.2, 0.25) is 0 Å². The van der Waals surface area contributed by atoms with E-state index in [4.69, 9.17) is 4.74 Å². The van der Waals surface area contributed by atoms with E-state index < -0.39 is 0 Å². The number of ether oxygens (including phenoxy) is 1. The molecule has 0 saturated heterocycles. The molecule has 0 unspecified atom stereocenters. The monoisotopic (exact) mass is 374 g/mol. The van der Waals surface area contributed by atoms with E-state index in [0.717, 1.165) is 10.0 Å². The van der Waals surface area contributed by atoms with Crippen molar-refractivity contribution < 1.29 is 14.3 Å². The first-order valence-corrected chi connectivity index (χ1v) is 7.89. The number of rotatable bonds is 3. The van der Waals surface area contributed by atoms with Crippen molar-refractivity contribution in [1.29, 1.82) is 0 Å². The Hall–Kier alpha value is -2.34. The predicted molar refractivity (Wildman–Crippen MR) is 90.5 cm³/mol. The van der Waals surface area contributed by atoms with Gasteiger partial charge in [-0.2, -0.15) is 0 Å². The molecule has 0 atom stereocenters. The minimum Gasteiger partial charge on any atom is -0.482 e. The van der Waals surface area contributed by atoms with Crippen molar-refractivity contribution in [3.63, 3.8) is 0 Å². The third-order valence-corrected chi connectivity index (χ3v) is 4.07. The predicted octanol–water partition coefficient (Wildman–Crippen LogP) is 3.05. The van der Waals surface area contributed by atoms with Crippen molar-refractivity contribution >= 4 is 33.4 Å². The van der Waals surface area contributed by atoms with Gasteiger partial charge in [0.25, 0.3) is 11.8 Å². The fourth-order valence-corrected chi connectivity index (χ4v) is 2.63. The summed E-state index contributed by atoms with van der Waals surface area (Å²) in [4.78, 5) is 25.5. The highest BCUT2D eigenvalue weighted by Crippen LogP contribution is 2.29. The number of fused-ring (bicyclic) bond motifs is 1. The van der Waals surface area contributed by atoms with E-state index in [-0.39, 0.29) is 18.4 Å². The van der Waals surface area contributed by atoms with Crippen molar-refractivity contribution in [1.82, 2.24) is 4.90 Å². The summed E-state index contributed by atoms with van der Waals surface area (Å²) in [6.07, 6.45) is 0. The van der Waals surface area contributed by atoms with E-state index in [1.165, 1.54) is 0 Å². The number of benzene rings is 2. The maximum Gasteiger partial charge on any atom is 0.262 e. The standard InChI is InChI=1S/C17H15BrN2O3/c1-20(9-11-2-5-13(18)6-3-11)17(22)12-4-7-14-15(8-12)23-10-16(21)19-14/h2-8H,9-10H2,1H3,(H,19,21). The lowest BCUT2D eigenvalue weighted by atomic mass is 10.1. The highest BCUT2D eigenvalue weighted by atomic mass is 79.9. The zero-order valence-corrected chi connectivity index (χ0v) is 14.1. The van der Waals surface area contributed by atoms with Crippen molar-refractivity contribution in [3.05, 3.63) is 58.1 Å². The molecule has 1 heterocycles. The molecule has 1 N–H and O–H groups in total. The molecule has 0 aliphatic carbocycles. The van der Waals surface area contributed by atoms with E-state index in [9.17, 15) is 9.59 Å². The van der Waals surface area contributed by atoms with E-state index in [0.29, 0.717) is 23.5 Å². The topological polar surface area (TPSA) is 58.6 Å². The van der Waals surface area contributed by atoms with E-state index in [1.807, 2.05) is 24.3 Å². The molecule has 1 aliphatic rings. The van der Waals surface area contributed by atoms with Crippen molar-refractivity contribution in [2.75, 3.05) is 19.0 Å². The average molecular weight is 375 g/mol. The van der Waals surface area contributed by atoms with Gasteiger partial charge in [-0.25, -0.2) is 0 Å². The minimum absolute atomic E-state index is 0.0284. The van der Waals surface area contributed by atoms with Crippen LogP contribution < -0.4 is 10.1 Å². The third kappa shape index (κ3) is 3.53. The number of nitrogens with zero attached hydrogens (tertiary/aromatic N) is 1. The van der Waals surface area contributed by atoms with Gasteiger partial charge in [0.1, 0.15) is 5.75 Å². The molecular weight excluding hydrogens is 360 g/mol. The quantitative estimate of drug-likeness (QED) is 0.897. The summed E-state index contributed by atoms with van der Waals surface area (Å²) < 4.78 is 6.35. The molecule has 0 saturated carbocycles. The molecule has 118 valence electrons.